The molecule has 2 atom stereocenters. The van der Waals surface area contributed by atoms with Crippen molar-refractivity contribution in [1.29, 1.82) is 0 Å². The fraction of sp³-hybridized carbons (Fsp3) is 0.889. The van der Waals surface area contributed by atoms with Gasteiger partial charge in [-0.1, -0.05) is 6.92 Å². The quantitative estimate of drug-likeness (QED) is 0.485. The fourth-order valence-electron chi connectivity index (χ4n) is 2.20. The highest BCUT2D eigenvalue weighted by Gasteiger charge is 2.26. The van der Waals surface area contributed by atoms with Crippen molar-refractivity contribution in [2.24, 2.45) is 16.8 Å². The zero-order valence-corrected chi connectivity index (χ0v) is 6.64. The highest BCUT2D eigenvalue weighted by Crippen LogP contribution is 2.31. The van der Waals surface area contributed by atoms with E-state index >= 15 is 0 Å². The molecule has 56 valence electrons. The molecule has 0 N–H and O–H groups in total. The molecule has 1 heteroatoms. The molecule has 1 nitrogen and oxygen atoms in total. The minimum absolute atomic E-state index is 0.854. The maximum atomic E-state index is 4.59. The lowest BCUT2D eigenvalue weighted by atomic mass is 9.91. The standard InChI is InChI=1S/C9H15N/c1-7-5-8-3-2-4-9(8)10-6-7/h7-8H,2-6H2,1H3. The molecule has 1 fully saturated rings. The second-order valence-corrected chi connectivity index (χ2v) is 3.76. The summed E-state index contributed by atoms with van der Waals surface area (Å²) < 4.78 is 0. The van der Waals surface area contributed by atoms with Gasteiger partial charge in [-0.2, -0.15) is 0 Å². The third-order valence-corrected chi connectivity index (χ3v) is 2.75. The summed E-state index contributed by atoms with van der Waals surface area (Å²) in [5.41, 5.74) is 1.54. The summed E-state index contributed by atoms with van der Waals surface area (Å²) in [6.07, 6.45) is 5.54. The van der Waals surface area contributed by atoms with Crippen molar-refractivity contribution in [2.45, 2.75) is 32.6 Å². The van der Waals surface area contributed by atoms with Crippen LogP contribution in [0.5, 0.6) is 0 Å². The first-order valence-electron chi connectivity index (χ1n) is 4.39. The lowest BCUT2D eigenvalue weighted by Gasteiger charge is -2.21. The Balaban J connectivity index is 2.12. The van der Waals surface area contributed by atoms with Crippen molar-refractivity contribution in [3.63, 3.8) is 0 Å². The van der Waals surface area contributed by atoms with Gasteiger partial charge >= 0.3 is 0 Å². The summed E-state index contributed by atoms with van der Waals surface area (Å²) in [7, 11) is 0. The summed E-state index contributed by atoms with van der Waals surface area (Å²) in [6.45, 7) is 3.42. The van der Waals surface area contributed by atoms with Gasteiger partial charge < -0.3 is 0 Å². The predicted octanol–water partition coefficient (Wildman–Crippen LogP) is 2.27. The Bertz CT molecular complexity index is 160. The van der Waals surface area contributed by atoms with E-state index in [2.05, 4.69) is 11.9 Å². The van der Waals surface area contributed by atoms with Crippen molar-refractivity contribution in [3.05, 3.63) is 0 Å². The molecular weight excluding hydrogens is 122 g/mol. The van der Waals surface area contributed by atoms with Gasteiger partial charge in [0.05, 0.1) is 0 Å². The molecule has 10 heavy (non-hydrogen) atoms. The Morgan fingerprint density at radius 3 is 3.30 bits per heavy atom. The van der Waals surface area contributed by atoms with Gasteiger partial charge in [-0.05, 0) is 37.5 Å². The van der Waals surface area contributed by atoms with Crippen LogP contribution in [0.3, 0.4) is 0 Å². The minimum Gasteiger partial charge on any atom is -0.294 e. The first-order valence-corrected chi connectivity index (χ1v) is 4.39. The van der Waals surface area contributed by atoms with E-state index in [0.29, 0.717) is 0 Å². The maximum absolute atomic E-state index is 4.59. The average molecular weight is 137 g/mol. The van der Waals surface area contributed by atoms with Crippen LogP contribution in [0.1, 0.15) is 32.6 Å². The summed E-state index contributed by atoms with van der Waals surface area (Å²) in [5.74, 6) is 1.75. The molecular formula is C9H15N. The molecule has 0 spiro atoms. The molecule has 0 amide bonds. The van der Waals surface area contributed by atoms with Gasteiger partial charge in [0.15, 0.2) is 0 Å². The van der Waals surface area contributed by atoms with Crippen LogP contribution in [0.15, 0.2) is 4.99 Å². The van der Waals surface area contributed by atoms with E-state index in [4.69, 9.17) is 0 Å². The predicted molar refractivity (Wildman–Crippen MR) is 43.4 cm³/mol. The summed E-state index contributed by atoms with van der Waals surface area (Å²) in [6, 6.07) is 0. The van der Waals surface area contributed by atoms with Gasteiger partial charge in [0.2, 0.25) is 0 Å². The summed E-state index contributed by atoms with van der Waals surface area (Å²) >= 11 is 0. The largest absolute Gasteiger partial charge is 0.294 e. The van der Waals surface area contributed by atoms with Gasteiger partial charge in [-0.25, -0.2) is 0 Å². The number of hydrogen-bond donors (Lipinski definition) is 0. The van der Waals surface area contributed by atoms with Crippen LogP contribution in [0.25, 0.3) is 0 Å². The Labute approximate surface area is 62.5 Å². The van der Waals surface area contributed by atoms with Crippen LogP contribution < -0.4 is 0 Å². The van der Waals surface area contributed by atoms with Crippen LogP contribution >= 0.6 is 0 Å². The van der Waals surface area contributed by atoms with Gasteiger partial charge in [0.1, 0.15) is 0 Å². The monoisotopic (exact) mass is 137 g/mol. The smallest absolute Gasteiger partial charge is 0.0414 e. The zero-order valence-electron chi connectivity index (χ0n) is 6.64. The molecule has 0 aromatic carbocycles. The van der Waals surface area contributed by atoms with Gasteiger partial charge in [0.25, 0.3) is 0 Å². The molecule has 2 unspecified atom stereocenters. The molecule has 1 saturated carbocycles. The molecule has 0 aromatic rings. The maximum Gasteiger partial charge on any atom is 0.0414 e. The topological polar surface area (TPSA) is 12.4 Å². The number of nitrogens with zero attached hydrogens (tertiary/aromatic N) is 1. The van der Waals surface area contributed by atoms with E-state index in [-0.39, 0.29) is 0 Å². The molecule has 2 rings (SSSR count). The first-order chi connectivity index (χ1) is 4.86. The highest BCUT2D eigenvalue weighted by atomic mass is 14.8. The van der Waals surface area contributed by atoms with Gasteiger partial charge in [0, 0.05) is 12.3 Å². The molecule has 0 saturated heterocycles. The molecule has 0 aromatic heterocycles. The molecule has 0 bridgehead atoms. The molecule has 1 aliphatic carbocycles. The number of fused-ring (bicyclic) bond motifs is 1. The van der Waals surface area contributed by atoms with Crippen LogP contribution in [0.4, 0.5) is 0 Å². The number of aliphatic imine (C=N–C) groups is 1. The van der Waals surface area contributed by atoms with E-state index in [1.807, 2.05) is 0 Å². The Morgan fingerprint density at radius 1 is 1.50 bits per heavy atom. The lowest BCUT2D eigenvalue weighted by Crippen LogP contribution is -2.19. The molecule has 1 heterocycles. The van der Waals surface area contributed by atoms with E-state index in [1.165, 1.54) is 31.4 Å². The van der Waals surface area contributed by atoms with Crippen LogP contribution in [0.2, 0.25) is 0 Å². The molecule has 1 aliphatic heterocycles. The lowest BCUT2D eigenvalue weighted by molar-refractivity contribution is 0.447. The van der Waals surface area contributed by atoms with E-state index < -0.39 is 0 Å². The zero-order chi connectivity index (χ0) is 6.97. The van der Waals surface area contributed by atoms with Crippen LogP contribution in [0, 0.1) is 11.8 Å². The molecule has 0 radical (unpaired) electrons. The van der Waals surface area contributed by atoms with E-state index in [0.717, 1.165) is 18.4 Å². The second-order valence-electron chi connectivity index (χ2n) is 3.76. The second kappa shape index (κ2) is 2.37. The fourth-order valence-corrected chi connectivity index (χ4v) is 2.20. The summed E-state index contributed by atoms with van der Waals surface area (Å²) in [5, 5.41) is 0. The van der Waals surface area contributed by atoms with Gasteiger partial charge in [-0.15, -0.1) is 0 Å². The van der Waals surface area contributed by atoms with Crippen molar-refractivity contribution < 1.29 is 0 Å². The SMILES string of the molecule is CC1CN=C2CCCC2C1. The Morgan fingerprint density at radius 2 is 2.40 bits per heavy atom. The number of hydrogen-bond acceptors (Lipinski definition) is 1. The van der Waals surface area contributed by atoms with Crippen molar-refractivity contribution >= 4 is 5.71 Å². The minimum atomic E-state index is 0.854. The van der Waals surface area contributed by atoms with Crippen LogP contribution in [-0.4, -0.2) is 12.3 Å². The van der Waals surface area contributed by atoms with Crippen molar-refractivity contribution in [2.75, 3.05) is 6.54 Å². The normalized spacial score (nSPS) is 39.1. The van der Waals surface area contributed by atoms with Crippen LogP contribution in [-0.2, 0) is 0 Å². The highest BCUT2D eigenvalue weighted by molar-refractivity contribution is 5.89. The Hall–Kier alpha value is -0.330. The summed E-state index contributed by atoms with van der Waals surface area (Å²) in [4.78, 5) is 4.59. The van der Waals surface area contributed by atoms with E-state index in [1.54, 1.807) is 0 Å². The third-order valence-electron chi connectivity index (χ3n) is 2.75. The van der Waals surface area contributed by atoms with E-state index in [9.17, 15) is 0 Å². The number of rotatable bonds is 0. The first kappa shape index (κ1) is 6.38. The third kappa shape index (κ3) is 0.979. The van der Waals surface area contributed by atoms with Gasteiger partial charge in [-0.3, -0.25) is 4.99 Å². The Kier molecular flexibility index (Phi) is 1.51. The van der Waals surface area contributed by atoms with Crippen molar-refractivity contribution in [1.82, 2.24) is 0 Å². The average Bonchev–Trinajstić information content (AvgIpc) is 2.33. The van der Waals surface area contributed by atoms with Crippen molar-refractivity contribution in [3.8, 4) is 0 Å². The molecule has 2 aliphatic rings.